The number of rotatable bonds is 3. The van der Waals surface area contributed by atoms with Crippen LogP contribution < -0.4 is 4.74 Å². The number of para-hydroxylation sites is 1. The fraction of sp³-hybridized carbons (Fsp3) is 0.500. The summed E-state index contributed by atoms with van der Waals surface area (Å²) in [6.07, 6.45) is -4.99. The summed E-state index contributed by atoms with van der Waals surface area (Å²) in [5.74, 6) is -2.21. The van der Waals surface area contributed by atoms with E-state index in [2.05, 4.69) is 4.74 Å². The molecule has 0 aliphatic rings. The first-order chi connectivity index (χ1) is 8.64. The molecule has 0 spiro atoms. The maximum absolute atomic E-state index is 12.3. The molecule has 0 aliphatic heterocycles. The zero-order valence-electron chi connectivity index (χ0n) is 11.3. The van der Waals surface area contributed by atoms with Gasteiger partial charge < -0.3 is 4.74 Å². The second kappa shape index (κ2) is 5.63. The van der Waals surface area contributed by atoms with Gasteiger partial charge in [0.25, 0.3) is 0 Å². The van der Waals surface area contributed by atoms with Gasteiger partial charge in [0.1, 0.15) is 5.75 Å². The summed E-state index contributed by atoms with van der Waals surface area (Å²) >= 11 is 0. The molecular weight excluding hydrogens is 257 g/mol. The van der Waals surface area contributed by atoms with Crippen molar-refractivity contribution in [1.82, 2.24) is 0 Å². The van der Waals surface area contributed by atoms with Crippen LogP contribution >= 0.6 is 0 Å². The lowest BCUT2D eigenvalue weighted by molar-refractivity contribution is -0.189. The number of hydrogen-bond donors (Lipinski definition) is 0. The Hall–Kier alpha value is -1.52. The van der Waals surface area contributed by atoms with Crippen LogP contribution in [-0.4, -0.2) is 12.1 Å². The summed E-state index contributed by atoms with van der Waals surface area (Å²) in [6, 6.07) is 5.11. The topological polar surface area (TPSA) is 26.3 Å². The lowest BCUT2D eigenvalue weighted by Crippen LogP contribution is -2.28. The highest BCUT2D eigenvalue weighted by molar-refractivity contribution is 5.79. The van der Waals surface area contributed by atoms with Gasteiger partial charge in [-0.2, -0.15) is 13.2 Å². The van der Waals surface area contributed by atoms with Crippen molar-refractivity contribution in [2.24, 2.45) is 0 Å². The fourth-order valence-corrected chi connectivity index (χ4v) is 1.75. The predicted molar refractivity (Wildman–Crippen MR) is 66.3 cm³/mol. The molecule has 1 rings (SSSR count). The zero-order valence-corrected chi connectivity index (χ0v) is 11.3. The van der Waals surface area contributed by atoms with Crippen molar-refractivity contribution in [2.75, 3.05) is 0 Å². The Balaban J connectivity index is 3.26. The molecule has 0 amide bonds. The third-order valence-electron chi connectivity index (χ3n) is 2.75. The highest BCUT2D eigenvalue weighted by Gasteiger charge is 2.42. The first-order valence-electron chi connectivity index (χ1n) is 6.06. The highest BCUT2D eigenvalue weighted by Crippen LogP contribution is 2.35. The number of carbonyl (C=O) groups is 1. The van der Waals surface area contributed by atoms with E-state index in [0.717, 1.165) is 0 Å². The molecule has 0 unspecified atom stereocenters. The van der Waals surface area contributed by atoms with Crippen LogP contribution in [0.25, 0.3) is 0 Å². The first kappa shape index (κ1) is 15.5. The summed E-state index contributed by atoms with van der Waals surface area (Å²) in [4.78, 5) is 11.0. The van der Waals surface area contributed by atoms with Gasteiger partial charge in [0, 0.05) is 0 Å². The maximum Gasteiger partial charge on any atom is 0.491 e. The molecule has 106 valence electrons. The molecule has 0 saturated heterocycles. The molecular formula is C14H17F3O2. The fourth-order valence-electron chi connectivity index (χ4n) is 1.75. The number of carbonyl (C=O) groups excluding carboxylic acids is 1. The molecule has 0 radical (unpaired) electrons. The monoisotopic (exact) mass is 274 g/mol. The van der Waals surface area contributed by atoms with Gasteiger partial charge in [-0.3, -0.25) is 0 Å². The molecule has 2 nitrogen and oxygen atoms in total. The van der Waals surface area contributed by atoms with Gasteiger partial charge in [0.2, 0.25) is 0 Å². The summed E-state index contributed by atoms with van der Waals surface area (Å²) in [7, 11) is 0. The van der Waals surface area contributed by atoms with Crippen molar-refractivity contribution in [2.45, 2.75) is 45.7 Å². The summed E-state index contributed by atoms with van der Waals surface area (Å²) in [6.45, 7) is 7.35. The molecule has 0 fully saturated rings. The van der Waals surface area contributed by atoms with Gasteiger partial charge in [0.05, 0.1) is 0 Å². The van der Waals surface area contributed by atoms with Crippen molar-refractivity contribution in [3.05, 3.63) is 29.3 Å². The van der Waals surface area contributed by atoms with Gasteiger partial charge in [-0.25, -0.2) is 4.79 Å². The third-order valence-corrected chi connectivity index (χ3v) is 2.75. The van der Waals surface area contributed by atoms with Crippen molar-refractivity contribution in [3.63, 3.8) is 0 Å². The molecule has 1 aromatic carbocycles. The Morgan fingerprint density at radius 1 is 1.05 bits per heavy atom. The summed E-state index contributed by atoms with van der Waals surface area (Å²) in [5, 5.41) is 0. The van der Waals surface area contributed by atoms with Crippen LogP contribution in [0.2, 0.25) is 0 Å². The predicted octanol–water partition coefficient (Wildman–Crippen LogP) is 4.40. The maximum atomic E-state index is 12.3. The third kappa shape index (κ3) is 3.72. The molecule has 0 saturated carbocycles. The summed E-state index contributed by atoms with van der Waals surface area (Å²) in [5.41, 5.74) is 1.20. The Labute approximate surface area is 110 Å². The second-order valence-corrected chi connectivity index (χ2v) is 4.96. The molecule has 0 N–H and O–H groups in total. The normalized spacial score (nSPS) is 12.1. The molecule has 0 atom stereocenters. The Kier molecular flexibility index (Phi) is 4.61. The molecule has 0 aromatic heterocycles. The number of esters is 1. The van der Waals surface area contributed by atoms with Crippen LogP contribution in [0, 0.1) is 0 Å². The quantitative estimate of drug-likeness (QED) is 0.603. The van der Waals surface area contributed by atoms with E-state index in [1.165, 1.54) is 0 Å². The minimum atomic E-state index is -4.99. The number of hydrogen-bond acceptors (Lipinski definition) is 2. The number of alkyl halides is 3. The molecule has 0 heterocycles. The Morgan fingerprint density at radius 2 is 1.47 bits per heavy atom. The smallest absolute Gasteiger partial charge is 0.419 e. The minimum Gasteiger partial charge on any atom is -0.419 e. The van der Waals surface area contributed by atoms with Gasteiger partial charge in [-0.1, -0.05) is 45.9 Å². The van der Waals surface area contributed by atoms with E-state index in [9.17, 15) is 18.0 Å². The van der Waals surface area contributed by atoms with Gasteiger partial charge in [-0.15, -0.1) is 0 Å². The second-order valence-electron chi connectivity index (χ2n) is 4.96. The number of benzene rings is 1. The van der Waals surface area contributed by atoms with Crippen LogP contribution in [0.5, 0.6) is 5.75 Å². The molecule has 5 heteroatoms. The van der Waals surface area contributed by atoms with Crippen molar-refractivity contribution < 1.29 is 22.7 Å². The van der Waals surface area contributed by atoms with Crippen molar-refractivity contribution >= 4 is 5.97 Å². The average molecular weight is 274 g/mol. The van der Waals surface area contributed by atoms with Crippen LogP contribution in [0.3, 0.4) is 0 Å². The van der Waals surface area contributed by atoms with E-state index >= 15 is 0 Å². The zero-order chi connectivity index (χ0) is 14.8. The van der Waals surface area contributed by atoms with E-state index < -0.39 is 12.1 Å². The molecule has 0 bridgehead atoms. The largest absolute Gasteiger partial charge is 0.491 e. The Morgan fingerprint density at radius 3 is 1.79 bits per heavy atom. The van der Waals surface area contributed by atoms with Crippen LogP contribution in [0.1, 0.15) is 50.7 Å². The highest BCUT2D eigenvalue weighted by atomic mass is 19.4. The lowest BCUT2D eigenvalue weighted by atomic mass is 9.94. The van der Waals surface area contributed by atoms with E-state index in [4.69, 9.17) is 0 Å². The van der Waals surface area contributed by atoms with Gasteiger partial charge in [0.15, 0.2) is 0 Å². The molecule has 1 aromatic rings. The van der Waals surface area contributed by atoms with E-state index in [-0.39, 0.29) is 17.6 Å². The van der Waals surface area contributed by atoms with Gasteiger partial charge in [-0.05, 0) is 23.0 Å². The van der Waals surface area contributed by atoms with Crippen LogP contribution in [-0.2, 0) is 4.79 Å². The molecule has 0 aliphatic carbocycles. The number of halogens is 3. The molecule has 19 heavy (non-hydrogen) atoms. The number of ether oxygens (including phenoxy) is 1. The SMILES string of the molecule is CC(C)c1cccc(C(C)C)c1OC(=O)C(F)(F)F. The van der Waals surface area contributed by atoms with E-state index in [1.54, 1.807) is 18.2 Å². The standard InChI is InChI=1S/C14H17F3O2/c1-8(2)10-6-5-7-11(9(3)4)12(10)19-13(18)14(15,16)17/h5-9H,1-4H3. The Bertz CT molecular complexity index is 436. The average Bonchev–Trinajstić information content (AvgIpc) is 2.27. The minimum absolute atomic E-state index is 0.0327. The van der Waals surface area contributed by atoms with E-state index in [1.807, 2.05) is 27.7 Å². The van der Waals surface area contributed by atoms with Crippen molar-refractivity contribution in [3.8, 4) is 5.75 Å². The van der Waals surface area contributed by atoms with Crippen LogP contribution in [0.4, 0.5) is 13.2 Å². The first-order valence-corrected chi connectivity index (χ1v) is 6.06. The lowest BCUT2D eigenvalue weighted by Gasteiger charge is -2.19. The van der Waals surface area contributed by atoms with E-state index in [0.29, 0.717) is 11.1 Å². The van der Waals surface area contributed by atoms with Gasteiger partial charge >= 0.3 is 12.1 Å². The van der Waals surface area contributed by atoms with Crippen LogP contribution in [0.15, 0.2) is 18.2 Å². The van der Waals surface area contributed by atoms with Crippen molar-refractivity contribution in [1.29, 1.82) is 0 Å². The summed E-state index contributed by atoms with van der Waals surface area (Å²) < 4.78 is 41.6.